The minimum Gasteiger partial charge on any atom is -0.508 e. The molecule has 0 atom stereocenters. The predicted molar refractivity (Wildman–Crippen MR) is 167 cm³/mol. The van der Waals surface area contributed by atoms with E-state index in [1.54, 1.807) is 18.2 Å². The van der Waals surface area contributed by atoms with Crippen LogP contribution in [0.5, 0.6) is 11.5 Å². The first kappa shape index (κ1) is 29.2. The monoisotopic (exact) mass is 592 g/mol. The van der Waals surface area contributed by atoms with Gasteiger partial charge in [-0.15, -0.1) is 0 Å². The van der Waals surface area contributed by atoms with Gasteiger partial charge in [0, 0.05) is 32.6 Å². The van der Waals surface area contributed by atoms with E-state index in [0.717, 1.165) is 83.9 Å². The molecule has 4 fully saturated rings. The molecule has 0 spiro atoms. The molecule has 0 radical (unpaired) electrons. The first-order valence-corrected chi connectivity index (χ1v) is 16.5. The maximum atomic E-state index is 13.6. The number of fused-ring (bicyclic) bond motifs is 1. The molecular weight excluding hydrogens is 548 g/mol. The van der Waals surface area contributed by atoms with Gasteiger partial charge in [-0.05, 0) is 117 Å². The number of phenolic OH excluding ortho intramolecular Hbond substituents is 2. The zero-order valence-electron chi connectivity index (χ0n) is 24.4. The van der Waals surface area contributed by atoms with Crippen LogP contribution in [0.4, 0.5) is 0 Å². The number of carbonyl (C=O) groups excluding carboxylic acids is 1. The number of aromatic amines is 1. The lowest BCUT2D eigenvalue weighted by atomic mass is 9.49. The van der Waals surface area contributed by atoms with E-state index in [-0.39, 0.29) is 22.3 Å². The fraction of sp³-hybridized carbons (Fsp3) is 0.576. The molecule has 1 heterocycles. The molecule has 42 heavy (non-hydrogen) atoms. The van der Waals surface area contributed by atoms with Crippen molar-refractivity contribution in [1.82, 2.24) is 20.5 Å². The van der Waals surface area contributed by atoms with Crippen LogP contribution >= 0.6 is 11.3 Å². The van der Waals surface area contributed by atoms with Gasteiger partial charge in [-0.3, -0.25) is 9.59 Å². The smallest absolute Gasteiger partial charge is 0.305 e. The van der Waals surface area contributed by atoms with Crippen molar-refractivity contribution in [1.29, 1.82) is 0 Å². The van der Waals surface area contributed by atoms with Gasteiger partial charge < -0.3 is 30.7 Å². The summed E-state index contributed by atoms with van der Waals surface area (Å²) in [5, 5.41) is 26.7. The van der Waals surface area contributed by atoms with Gasteiger partial charge in [0.1, 0.15) is 17.0 Å². The Hall–Kier alpha value is -2.88. The van der Waals surface area contributed by atoms with Gasteiger partial charge in [-0.25, -0.2) is 0 Å². The Morgan fingerprint density at radius 2 is 1.67 bits per heavy atom. The fourth-order valence-electron chi connectivity index (χ4n) is 8.44. The standard InChI is InChI=1S/C33H44N4O4S/c38-27-3-1-2-22(17-27)6-9-34-11-8-29(40)37(21-33-18-23-14-24(19-33)16-25(15-23)20-33)13-12-35-10-7-26-4-5-28(39)30-31(26)42-32(41)36-30/h1-5,17,23-25,34-35,38-39H,6-16,18-21H2,(H,36,41). The lowest BCUT2D eigenvalue weighted by Crippen LogP contribution is -2.53. The quantitative estimate of drug-likeness (QED) is 0.177. The molecule has 0 saturated heterocycles. The Morgan fingerprint density at radius 1 is 0.952 bits per heavy atom. The fourth-order valence-corrected chi connectivity index (χ4v) is 9.33. The third kappa shape index (κ3) is 6.84. The van der Waals surface area contributed by atoms with Crippen molar-refractivity contribution < 1.29 is 15.0 Å². The molecule has 0 aliphatic heterocycles. The number of rotatable bonds is 14. The van der Waals surface area contributed by atoms with Crippen molar-refractivity contribution in [3.63, 3.8) is 0 Å². The topological polar surface area (TPSA) is 118 Å². The van der Waals surface area contributed by atoms with Gasteiger partial charge in [0.25, 0.3) is 0 Å². The average molecular weight is 593 g/mol. The molecule has 4 saturated carbocycles. The van der Waals surface area contributed by atoms with E-state index >= 15 is 0 Å². The Kier molecular flexibility index (Phi) is 8.88. The van der Waals surface area contributed by atoms with Crippen molar-refractivity contribution in [2.75, 3.05) is 39.3 Å². The van der Waals surface area contributed by atoms with E-state index in [1.165, 1.54) is 38.5 Å². The summed E-state index contributed by atoms with van der Waals surface area (Å²) in [5.74, 6) is 3.20. The summed E-state index contributed by atoms with van der Waals surface area (Å²) >= 11 is 1.14. The molecule has 8 nitrogen and oxygen atoms in total. The Morgan fingerprint density at radius 3 is 2.40 bits per heavy atom. The second-order valence-corrected chi connectivity index (χ2v) is 14.1. The normalized spacial score (nSPS) is 24.4. The van der Waals surface area contributed by atoms with Crippen molar-refractivity contribution in [3.8, 4) is 11.5 Å². The van der Waals surface area contributed by atoms with E-state index in [4.69, 9.17) is 0 Å². The van der Waals surface area contributed by atoms with Crippen LogP contribution in [0.2, 0.25) is 0 Å². The predicted octanol–water partition coefficient (Wildman–Crippen LogP) is 4.40. The van der Waals surface area contributed by atoms with E-state index in [9.17, 15) is 19.8 Å². The van der Waals surface area contributed by atoms with Crippen LogP contribution < -0.4 is 15.5 Å². The van der Waals surface area contributed by atoms with Crippen LogP contribution in [0.3, 0.4) is 0 Å². The molecule has 4 aliphatic rings. The number of nitrogens with one attached hydrogen (secondary N) is 3. The summed E-state index contributed by atoms with van der Waals surface area (Å²) < 4.78 is 0.817. The molecule has 2 aromatic carbocycles. The van der Waals surface area contributed by atoms with Crippen molar-refractivity contribution in [2.24, 2.45) is 23.2 Å². The van der Waals surface area contributed by atoms with Gasteiger partial charge in [0.2, 0.25) is 5.91 Å². The number of hydrogen-bond donors (Lipinski definition) is 5. The van der Waals surface area contributed by atoms with E-state index in [2.05, 4.69) is 20.5 Å². The van der Waals surface area contributed by atoms with Crippen molar-refractivity contribution >= 4 is 27.5 Å². The minimum atomic E-state index is -0.159. The number of benzene rings is 2. The number of phenols is 2. The summed E-state index contributed by atoms with van der Waals surface area (Å²) in [5.41, 5.74) is 2.95. The van der Waals surface area contributed by atoms with E-state index in [0.29, 0.717) is 30.4 Å². The van der Waals surface area contributed by atoms with Gasteiger partial charge >= 0.3 is 4.87 Å². The Bertz CT molecular complexity index is 1410. The summed E-state index contributed by atoms with van der Waals surface area (Å²) in [6.45, 7) is 4.48. The maximum absolute atomic E-state index is 13.6. The number of aromatic hydroxyl groups is 2. The largest absolute Gasteiger partial charge is 0.508 e. The highest BCUT2D eigenvalue weighted by Gasteiger charge is 2.51. The molecule has 1 amide bonds. The highest BCUT2D eigenvalue weighted by atomic mass is 32.1. The number of aromatic nitrogens is 1. The van der Waals surface area contributed by atoms with Crippen LogP contribution in [0.15, 0.2) is 41.2 Å². The number of hydrogen-bond acceptors (Lipinski definition) is 7. The maximum Gasteiger partial charge on any atom is 0.305 e. The number of amides is 1. The van der Waals surface area contributed by atoms with Crippen LogP contribution in [0.1, 0.15) is 56.1 Å². The number of nitrogens with zero attached hydrogens (tertiary/aromatic N) is 1. The third-order valence-electron chi connectivity index (χ3n) is 9.83. The molecular formula is C33H44N4O4S. The average Bonchev–Trinajstić information content (AvgIpc) is 3.35. The molecule has 9 heteroatoms. The van der Waals surface area contributed by atoms with E-state index in [1.807, 2.05) is 18.2 Å². The molecule has 4 bridgehead atoms. The lowest BCUT2D eigenvalue weighted by Gasteiger charge is -2.58. The Labute approximate surface area is 251 Å². The van der Waals surface area contributed by atoms with Crippen LogP contribution in [-0.4, -0.2) is 65.3 Å². The molecule has 0 unspecified atom stereocenters. The zero-order valence-corrected chi connectivity index (χ0v) is 25.2. The van der Waals surface area contributed by atoms with E-state index < -0.39 is 0 Å². The van der Waals surface area contributed by atoms with Gasteiger partial charge in [0.15, 0.2) is 0 Å². The number of H-pyrrole nitrogens is 1. The number of thiazole rings is 1. The van der Waals surface area contributed by atoms with Crippen LogP contribution in [-0.2, 0) is 17.6 Å². The van der Waals surface area contributed by atoms with Crippen LogP contribution in [0, 0.1) is 23.2 Å². The summed E-state index contributed by atoms with van der Waals surface area (Å²) in [6, 6.07) is 10.9. The molecule has 4 aliphatic carbocycles. The van der Waals surface area contributed by atoms with Crippen molar-refractivity contribution in [2.45, 2.75) is 57.8 Å². The summed E-state index contributed by atoms with van der Waals surface area (Å²) in [6.07, 6.45) is 10.1. The molecule has 5 N–H and O–H groups in total. The second-order valence-electron chi connectivity index (χ2n) is 13.1. The molecule has 7 rings (SSSR count). The van der Waals surface area contributed by atoms with Crippen LogP contribution in [0.25, 0.3) is 10.2 Å². The first-order chi connectivity index (χ1) is 20.4. The Balaban J connectivity index is 1.02. The first-order valence-electron chi connectivity index (χ1n) is 15.7. The highest BCUT2D eigenvalue weighted by molar-refractivity contribution is 7.16. The SMILES string of the molecule is O=C(CCNCCc1cccc(O)c1)N(CCNCCc1ccc(O)c2[nH]c(=O)sc12)CC12CC3CC(CC(C3)C1)C2. The molecule has 3 aromatic rings. The second kappa shape index (κ2) is 12.8. The lowest BCUT2D eigenvalue weighted by molar-refractivity contribution is -0.137. The minimum absolute atomic E-state index is 0.104. The van der Waals surface area contributed by atoms with Gasteiger partial charge in [-0.1, -0.05) is 29.5 Å². The molecule has 226 valence electrons. The zero-order chi connectivity index (χ0) is 29.1. The summed E-state index contributed by atoms with van der Waals surface area (Å²) in [7, 11) is 0. The van der Waals surface area contributed by atoms with Gasteiger partial charge in [0.05, 0.1) is 4.70 Å². The highest BCUT2D eigenvalue weighted by Crippen LogP contribution is 2.60. The summed E-state index contributed by atoms with van der Waals surface area (Å²) in [4.78, 5) is 30.1. The third-order valence-corrected chi connectivity index (χ3v) is 10.8. The molecule has 1 aromatic heterocycles. The number of carbonyl (C=O) groups is 1. The van der Waals surface area contributed by atoms with Crippen molar-refractivity contribution in [3.05, 3.63) is 57.2 Å². The van der Waals surface area contributed by atoms with Gasteiger partial charge in [-0.2, -0.15) is 0 Å².